The van der Waals surface area contributed by atoms with Crippen LogP contribution in [0.3, 0.4) is 0 Å². The number of aromatic nitrogens is 2. The number of nitrogens with one attached hydrogen (secondary N) is 1. The van der Waals surface area contributed by atoms with Gasteiger partial charge in [0, 0.05) is 25.2 Å². The van der Waals surface area contributed by atoms with Crippen molar-refractivity contribution in [1.29, 1.82) is 0 Å². The van der Waals surface area contributed by atoms with E-state index in [2.05, 4.69) is 21.8 Å². The van der Waals surface area contributed by atoms with E-state index in [-0.39, 0.29) is 0 Å². The quantitative estimate of drug-likeness (QED) is 0.823. The van der Waals surface area contributed by atoms with Gasteiger partial charge in [0.1, 0.15) is 5.82 Å². The van der Waals surface area contributed by atoms with E-state index >= 15 is 0 Å². The Kier molecular flexibility index (Phi) is 3.92. The van der Waals surface area contributed by atoms with Crippen LogP contribution < -0.4 is 5.73 Å². The predicted molar refractivity (Wildman–Crippen MR) is 83.7 cm³/mol. The summed E-state index contributed by atoms with van der Waals surface area (Å²) in [5, 5.41) is 0. The fourth-order valence-corrected chi connectivity index (χ4v) is 3.22. The third-order valence-electron chi connectivity index (χ3n) is 4.29. The van der Waals surface area contributed by atoms with Gasteiger partial charge in [0.2, 0.25) is 0 Å². The standard InChI is InChI=1S/C16H24N4/c1-2-3-12-6-8-20(11-12)9-7-16-18-14-5-4-13(17)10-15(14)19-16/h4-5,10,12H,2-3,6-9,11,17H2,1H3,(H,18,19). The monoisotopic (exact) mass is 272 g/mol. The van der Waals surface area contributed by atoms with Crippen LogP contribution in [-0.4, -0.2) is 34.5 Å². The lowest BCUT2D eigenvalue weighted by atomic mass is 10.0. The van der Waals surface area contributed by atoms with E-state index < -0.39 is 0 Å². The van der Waals surface area contributed by atoms with Crippen LogP contribution in [0.5, 0.6) is 0 Å². The Morgan fingerprint density at radius 2 is 2.35 bits per heavy atom. The van der Waals surface area contributed by atoms with E-state index in [9.17, 15) is 0 Å². The van der Waals surface area contributed by atoms with Gasteiger partial charge >= 0.3 is 0 Å². The number of hydrogen-bond acceptors (Lipinski definition) is 3. The molecule has 1 aromatic carbocycles. The van der Waals surface area contributed by atoms with Crippen LogP contribution >= 0.6 is 0 Å². The normalized spacial score (nSPS) is 19.9. The van der Waals surface area contributed by atoms with Gasteiger partial charge in [-0.1, -0.05) is 13.3 Å². The zero-order valence-electron chi connectivity index (χ0n) is 12.2. The number of likely N-dealkylation sites (tertiary alicyclic amines) is 1. The van der Waals surface area contributed by atoms with E-state index in [0.717, 1.165) is 41.4 Å². The fourth-order valence-electron chi connectivity index (χ4n) is 3.22. The molecule has 1 saturated heterocycles. The Bertz CT molecular complexity index is 575. The molecule has 2 aromatic rings. The molecule has 0 radical (unpaired) electrons. The minimum atomic E-state index is 0.787. The number of hydrogen-bond donors (Lipinski definition) is 2. The summed E-state index contributed by atoms with van der Waals surface area (Å²) < 4.78 is 0. The zero-order chi connectivity index (χ0) is 13.9. The maximum atomic E-state index is 5.79. The van der Waals surface area contributed by atoms with Crippen molar-refractivity contribution in [3.05, 3.63) is 24.0 Å². The summed E-state index contributed by atoms with van der Waals surface area (Å²) in [6, 6.07) is 5.85. The minimum Gasteiger partial charge on any atom is -0.399 e. The lowest BCUT2D eigenvalue weighted by molar-refractivity contribution is 0.322. The first-order chi connectivity index (χ1) is 9.74. The molecule has 0 spiro atoms. The predicted octanol–water partition coefficient (Wildman–Crippen LogP) is 2.81. The minimum absolute atomic E-state index is 0.787. The van der Waals surface area contributed by atoms with E-state index in [1.54, 1.807) is 0 Å². The molecular weight excluding hydrogens is 248 g/mol. The molecule has 1 fully saturated rings. The van der Waals surface area contributed by atoms with Crippen LogP contribution in [0.15, 0.2) is 18.2 Å². The van der Waals surface area contributed by atoms with Gasteiger partial charge in [-0.25, -0.2) is 4.98 Å². The summed E-state index contributed by atoms with van der Waals surface area (Å²) in [6.07, 6.45) is 5.04. The number of nitrogens with two attached hydrogens (primary N) is 1. The summed E-state index contributed by atoms with van der Waals surface area (Å²) >= 11 is 0. The van der Waals surface area contributed by atoms with Gasteiger partial charge < -0.3 is 15.6 Å². The van der Waals surface area contributed by atoms with Gasteiger partial charge in [-0.2, -0.15) is 0 Å². The van der Waals surface area contributed by atoms with Crippen LogP contribution in [0.4, 0.5) is 5.69 Å². The van der Waals surface area contributed by atoms with Crippen molar-refractivity contribution in [1.82, 2.24) is 14.9 Å². The number of anilines is 1. The first-order valence-corrected chi connectivity index (χ1v) is 7.71. The highest BCUT2D eigenvalue weighted by Gasteiger charge is 2.21. The third kappa shape index (κ3) is 2.96. The molecule has 3 rings (SSSR count). The van der Waals surface area contributed by atoms with Crippen molar-refractivity contribution in [2.75, 3.05) is 25.4 Å². The van der Waals surface area contributed by atoms with Crippen molar-refractivity contribution >= 4 is 16.7 Å². The number of nitrogen functional groups attached to an aromatic ring is 1. The second kappa shape index (κ2) is 5.83. The maximum Gasteiger partial charge on any atom is 0.108 e. The Hall–Kier alpha value is -1.55. The molecule has 4 heteroatoms. The number of rotatable bonds is 5. The van der Waals surface area contributed by atoms with Crippen molar-refractivity contribution in [2.45, 2.75) is 32.6 Å². The molecule has 1 aliphatic heterocycles. The number of H-pyrrole nitrogens is 1. The third-order valence-corrected chi connectivity index (χ3v) is 4.29. The number of aromatic amines is 1. The molecule has 2 heterocycles. The van der Waals surface area contributed by atoms with Crippen molar-refractivity contribution in [3.63, 3.8) is 0 Å². The second-order valence-corrected chi connectivity index (χ2v) is 5.95. The molecule has 3 N–H and O–H groups in total. The molecule has 0 bridgehead atoms. The molecule has 1 aliphatic rings. The fraction of sp³-hybridized carbons (Fsp3) is 0.562. The van der Waals surface area contributed by atoms with Gasteiger partial charge in [-0.15, -0.1) is 0 Å². The molecular formula is C16H24N4. The zero-order valence-corrected chi connectivity index (χ0v) is 12.2. The van der Waals surface area contributed by atoms with Crippen LogP contribution in [-0.2, 0) is 6.42 Å². The first-order valence-electron chi connectivity index (χ1n) is 7.71. The maximum absolute atomic E-state index is 5.79. The van der Waals surface area contributed by atoms with Crippen LogP contribution in [0.1, 0.15) is 32.0 Å². The van der Waals surface area contributed by atoms with E-state index in [0.29, 0.717) is 0 Å². The van der Waals surface area contributed by atoms with Crippen LogP contribution in [0, 0.1) is 5.92 Å². The second-order valence-electron chi connectivity index (χ2n) is 5.95. The van der Waals surface area contributed by atoms with Gasteiger partial charge in [0.25, 0.3) is 0 Å². The molecule has 1 unspecified atom stereocenters. The SMILES string of the molecule is CCCC1CCN(CCc2nc3ccc(N)cc3[nH]2)C1. The topological polar surface area (TPSA) is 57.9 Å². The highest BCUT2D eigenvalue weighted by atomic mass is 15.1. The van der Waals surface area contributed by atoms with Gasteiger partial charge in [-0.05, 0) is 43.5 Å². The molecule has 108 valence electrons. The van der Waals surface area contributed by atoms with Gasteiger partial charge in [-0.3, -0.25) is 0 Å². The number of nitrogens with zero attached hydrogens (tertiary/aromatic N) is 2. The largest absolute Gasteiger partial charge is 0.399 e. The molecule has 0 saturated carbocycles. The Labute approximate surface area is 120 Å². The molecule has 0 aliphatic carbocycles. The molecule has 20 heavy (non-hydrogen) atoms. The average Bonchev–Trinajstić information content (AvgIpc) is 3.02. The molecule has 4 nitrogen and oxygen atoms in total. The lowest BCUT2D eigenvalue weighted by Crippen LogP contribution is -2.23. The smallest absolute Gasteiger partial charge is 0.108 e. The summed E-state index contributed by atoms with van der Waals surface area (Å²) in [6.45, 7) is 5.90. The summed E-state index contributed by atoms with van der Waals surface area (Å²) in [5.74, 6) is 1.99. The highest BCUT2D eigenvalue weighted by Crippen LogP contribution is 2.21. The number of imidazole rings is 1. The van der Waals surface area contributed by atoms with Gasteiger partial charge in [0.15, 0.2) is 0 Å². The Morgan fingerprint density at radius 1 is 1.45 bits per heavy atom. The van der Waals surface area contributed by atoms with Crippen molar-refractivity contribution < 1.29 is 0 Å². The first kappa shape index (κ1) is 13.4. The van der Waals surface area contributed by atoms with E-state index in [1.807, 2.05) is 18.2 Å². The Balaban J connectivity index is 1.57. The summed E-state index contributed by atoms with van der Waals surface area (Å²) in [4.78, 5) is 10.6. The number of benzene rings is 1. The highest BCUT2D eigenvalue weighted by molar-refractivity contribution is 5.78. The lowest BCUT2D eigenvalue weighted by Gasteiger charge is -2.14. The Morgan fingerprint density at radius 3 is 3.20 bits per heavy atom. The van der Waals surface area contributed by atoms with Gasteiger partial charge in [0.05, 0.1) is 11.0 Å². The molecule has 1 aromatic heterocycles. The summed E-state index contributed by atoms with van der Waals surface area (Å²) in [5.41, 5.74) is 8.64. The molecule has 1 atom stereocenters. The van der Waals surface area contributed by atoms with E-state index in [4.69, 9.17) is 5.73 Å². The average molecular weight is 272 g/mol. The molecule has 0 amide bonds. The van der Waals surface area contributed by atoms with Crippen molar-refractivity contribution in [2.24, 2.45) is 5.92 Å². The van der Waals surface area contributed by atoms with Crippen LogP contribution in [0.25, 0.3) is 11.0 Å². The van der Waals surface area contributed by atoms with Crippen LogP contribution in [0.2, 0.25) is 0 Å². The van der Waals surface area contributed by atoms with E-state index in [1.165, 1.54) is 32.4 Å². The van der Waals surface area contributed by atoms with Crippen molar-refractivity contribution in [3.8, 4) is 0 Å². The summed E-state index contributed by atoms with van der Waals surface area (Å²) in [7, 11) is 0. The number of fused-ring (bicyclic) bond motifs is 1.